The second-order valence-electron chi connectivity index (χ2n) is 1.88. The molecule has 13 heavy (non-hydrogen) atoms. The molecule has 0 bridgehead atoms. The molecular formula is C8H14O5. The van der Waals surface area contributed by atoms with E-state index in [9.17, 15) is 9.59 Å². The van der Waals surface area contributed by atoms with Gasteiger partial charge in [0.15, 0.2) is 0 Å². The number of hydrogen-bond acceptors (Lipinski definition) is 4. The minimum Gasteiger partial charge on any atom is -0.478 e. The third-order valence-electron chi connectivity index (χ3n) is 0.767. The monoisotopic (exact) mass is 190 g/mol. The molecule has 0 heterocycles. The highest BCUT2D eigenvalue weighted by Gasteiger charge is 1.88. The van der Waals surface area contributed by atoms with Crippen LogP contribution in [0.1, 0.15) is 6.92 Å². The lowest BCUT2D eigenvalue weighted by Gasteiger charge is -1.97. The van der Waals surface area contributed by atoms with Gasteiger partial charge in [-0.05, 0) is 0 Å². The highest BCUT2D eigenvalue weighted by Crippen LogP contribution is 1.74. The van der Waals surface area contributed by atoms with E-state index in [1.807, 2.05) is 0 Å². The normalized spacial score (nSPS) is 7.85. The Morgan fingerprint density at radius 1 is 1.46 bits per heavy atom. The summed E-state index contributed by atoms with van der Waals surface area (Å²) >= 11 is 0. The van der Waals surface area contributed by atoms with Crippen LogP contribution < -0.4 is 0 Å². The zero-order chi connectivity index (χ0) is 10.7. The lowest BCUT2D eigenvalue weighted by molar-refractivity contribution is -0.142. The third kappa shape index (κ3) is 25.0. The molecule has 0 radical (unpaired) electrons. The number of esters is 1. The van der Waals surface area contributed by atoms with Crippen molar-refractivity contribution in [2.45, 2.75) is 6.92 Å². The maximum atomic E-state index is 10.0. The summed E-state index contributed by atoms with van der Waals surface area (Å²) in [4.78, 5) is 19.3. The average molecular weight is 190 g/mol. The zero-order valence-corrected chi connectivity index (χ0v) is 7.78. The molecule has 0 aliphatic rings. The number of carbonyl (C=O) groups is 2. The quantitative estimate of drug-likeness (QED) is 0.396. The van der Waals surface area contributed by atoms with Crippen molar-refractivity contribution in [3.63, 3.8) is 0 Å². The number of carboxylic acid groups (broad SMARTS) is 1. The van der Waals surface area contributed by atoms with Gasteiger partial charge < -0.3 is 14.6 Å². The van der Waals surface area contributed by atoms with E-state index < -0.39 is 5.97 Å². The van der Waals surface area contributed by atoms with Gasteiger partial charge in [0.2, 0.25) is 0 Å². The SMILES string of the molecule is C=CC(=O)O.COCCOC(C)=O. The van der Waals surface area contributed by atoms with E-state index in [4.69, 9.17) is 5.11 Å². The topological polar surface area (TPSA) is 72.8 Å². The second-order valence-corrected chi connectivity index (χ2v) is 1.88. The Balaban J connectivity index is 0. The number of ether oxygens (including phenoxy) is 2. The van der Waals surface area contributed by atoms with Crippen molar-refractivity contribution in [3.8, 4) is 0 Å². The van der Waals surface area contributed by atoms with Crippen LogP contribution >= 0.6 is 0 Å². The van der Waals surface area contributed by atoms with E-state index >= 15 is 0 Å². The Hall–Kier alpha value is -1.36. The number of methoxy groups -OCH3 is 1. The van der Waals surface area contributed by atoms with Gasteiger partial charge in [-0.1, -0.05) is 6.58 Å². The second kappa shape index (κ2) is 10.6. The van der Waals surface area contributed by atoms with Crippen LogP contribution in [0.25, 0.3) is 0 Å². The molecule has 0 aliphatic carbocycles. The van der Waals surface area contributed by atoms with Crippen molar-refractivity contribution in [3.05, 3.63) is 12.7 Å². The van der Waals surface area contributed by atoms with Crippen LogP contribution in [0.15, 0.2) is 12.7 Å². The average Bonchev–Trinajstić information content (AvgIpc) is 2.05. The first-order chi connectivity index (χ1) is 6.04. The van der Waals surface area contributed by atoms with E-state index in [1.54, 1.807) is 7.11 Å². The molecular weight excluding hydrogens is 176 g/mol. The molecule has 0 rings (SSSR count). The Bertz CT molecular complexity index is 164. The molecule has 0 saturated carbocycles. The van der Waals surface area contributed by atoms with E-state index in [0.29, 0.717) is 13.2 Å². The standard InChI is InChI=1S/C5H10O3.C3H4O2/c1-5(6)8-4-3-7-2;1-2-3(4)5/h3-4H2,1-2H3;2H,1H2,(H,4,5). The number of rotatable bonds is 4. The first-order valence-corrected chi connectivity index (χ1v) is 3.52. The molecule has 0 aromatic carbocycles. The van der Waals surface area contributed by atoms with Gasteiger partial charge in [0.1, 0.15) is 6.61 Å². The minimum absolute atomic E-state index is 0.262. The summed E-state index contributed by atoms with van der Waals surface area (Å²) in [6.45, 7) is 5.16. The van der Waals surface area contributed by atoms with Gasteiger partial charge in [0.25, 0.3) is 0 Å². The fourth-order valence-electron chi connectivity index (χ4n) is 0.269. The Morgan fingerprint density at radius 3 is 2.15 bits per heavy atom. The Morgan fingerprint density at radius 2 is 1.92 bits per heavy atom. The van der Waals surface area contributed by atoms with Crippen LogP contribution in [0.3, 0.4) is 0 Å². The molecule has 1 N–H and O–H groups in total. The van der Waals surface area contributed by atoms with Crippen molar-refractivity contribution in [2.75, 3.05) is 20.3 Å². The van der Waals surface area contributed by atoms with Gasteiger partial charge in [-0.25, -0.2) is 4.79 Å². The Kier molecular flexibility index (Phi) is 11.6. The van der Waals surface area contributed by atoms with Crippen LogP contribution in [-0.4, -0.2) is 37.4 Å². The van der Waals surface area contributed by atoms with E-state index in [1.165, 1.54) is 6.92 Å². The number of aliphatic carboxylic acids is 1. The predicted octanol–water partition coefficient (Wildman–Crippen LogP) is 0.453. The lowest BCUT2D eigenvalue weighted by atomic mass is 10.7. The first-order valence-electron chi connectivity index (χ1n) is 3.52. The fourth-order valence-corrected chi connectivity index (χ4v) is 0.269. The highest BCUT2D eigenvalue weighted by molar-refractivity contribution is 5.78. The van der Waals surface area contributed by atoms with Crippen molar-refractivity contribution < 1.29 is 24.2 Å². The molecule has 0 unspecified atom stereocenters. The Labute approximate surface area is 77.0 Å². The maximum absolute atomic E-state index is 10.0. The fraction of sp³-hybridized carbons (Fsp3) is 0.500. The molecule has 0 aliphatic heterocycles. The van der Waals surface area contributed by atoms with Gasteiger partial charge in [0, 0.05) is 20.1 Å². The summed E-state index contributed by atoms with van der Waals surface area (Å²) in [5.41, 5.74) is 0. The first kappa shape index (κ1) is 14.2. The van der Waals surface area contributed by atoms with E-state index in [2.05, 4.69) is 16.1 Å². The number of hydrogen-bond donors (Lipinski definition) is 1. The number of carboxylic acids is 1. The third-order valence-corrected chi connectivity index (χ3v) is 0.767. The molecule has 0 amide bonds. The lowest BCUT2D eigenvalue weighted by Crippen LogP contribution is -2.05. The van der Waals surface area contributed by atoms with Crippen LogP contribution in [-0.2, 0) is 19.1 Å². The van der Waals surface area contributed by atoms with Crippen LogP contribution in [0, 0.1) is 0 Å². The maximum Gasteiger partial charge on any atom is 0.327 e. The van der Waals surface area contributed by atoms with Gasteiger partial charge in [-0.15, -0.1) is 0 Å². The molecule has 0 aromatic rings. The molecule has 0 spiro atoms. The largest absolute Gasteiger partial charge is 0.478 e. The summed E-state index contributed by atoms with van der Waals surface area (Å²) < 4.78 is 9.13. The summed E-state index contributed by atoms with van der Waals surface area (Å²) in [6, 6.07) is 0. The summed E-state index contributed by atoms with van der Waals surface area (Å²) in [7, 11) is 1.56. The molecule has 5 heteroatoms. The predicted molar refractivity (Wildman–Crippen MR) is 46.3 cm³/mol. The molecule has 76 valence electrons. The van der Waals surface area contributed by atoms with Crippen LogP contribution in [0.5, 0.6) is 0 Å². The smallest absolute Gasteiger partial charge is 0.327 e. The molecule has 0 atom stereocenters. The zero-order valence-electron chi connectivity index (χ0n) is 7.78. The highest BCUT2D eigenvalue weighted by atomic mass is 16.6. The van der Waals surface area contributed by atoms with E-state index in [0.717, 1.165) is 6.08 Å². The molecule has 0 fully saturated rings. The van der Waals surface area contributed by atoms with Crippen molar-refractivity contribution >= 4 is 11.9 Å². The minimum atomic E-state index is -0.981. The van der Waals surface area contributed by atoms with Crippen molar-refractivity contribution in [1.82, 2.24) is 0 Å². The van der Waals surface area contributed by atoms with Gasteiger partial charge in [0.05, 0.1) is 6.61 Å². The summed E-state index contributed by atoms with van der Waals surface area (Å²) in [5, 5.41) is 7.60. The summed E-state index contributed by atoms with van der Waals surface area (Å²) in [5.74, 6) is -1.24. The molecule has 5 nitrogen and oxygen atoms in total. The summed E-state index contributed by atoms with van der Waals surface area (Å²) in [6.07, 6.45) is 0.833. The van der Waals surface area contributed by atoms with Gasteiger partial charge in [-0.3, -0.25) is 4.79 Å². The molecule has 0 saturated heterocycles. The van der Waals surface area contributed by atoms with Gasteiger partial charge in [-0.2, -0.15) is 0 Å². The van der Waals surface area contributed by atoms with Crippen LogP contribution in [0.2, 0.25) is 0 Å². The van der Waals surface area contributed by atoms with Crippen molar-refractivity contribution in [1.29, 1.82) is 0 Å². The van der Waals surface area contributed by atoms with Crippen LogP contribution in [0.4, 0.5) is 0 Å². The van der Waals surface area contributed by atoms with E-state index in [-0.39, 0.29) is 5.97 Å². The molecule has 0 aromatic heterocycles. The van der Waals surface area contributed by atoms with Crippen molar-refractivity contribution in [2.24, 2.45) is 0 Å². The number of carbonyl (C=O) groups excluding carboxylic acids is 1. The van der Waals surface area contributed by atoms with Gasteiger partial charge >= 0.3 is 11.9 Å².